The van der Waals surface area contributed by atoms with Crippen molar-refractivity contribution in [2.75, 3.05) is 0 Å². The molecule has 1 aromatic carbocycles. The first-order chi connectivity index (χ1) is 8.33. The number of benzene rings is 1. The Bertz CT molecular complexity index is 605. The Kier molecular flexibility index (Phi) is 3.33. The summed E-state index contributed by atoms with van der Waals surface area (Å²) in [7, 11) is -4.61. The molecule has 2 atom stereocenters. The van der Waals surface area contributed by atoms with Gasteiger partial charge in [0.1, 0.15) is 20.4 Å². The Hall–Kier alpha value is -1.14. The highest BCUT2D eigenvalue weighted by Crippen LogP contribution is 2.37. The second kappa shape index (κ2) is 4.51. The fourth-order valence-corrected chi connectivity index (χ4v) is 3.32. The average Bonchev–Trinajstić information content (AvgIpc) is 2.27. The molecule has 0 saturated heterocycles. The van der Waals surface area contributed by atoms with Gasteiger partial charge in [0, 0.05) is 0 Å². The maximum absolute atomic E-state index is 11.2. The molecule has 0 aliphatic heterocycles. The maximum Gasteiger partial charge on any atom is 0.137 e. The number of nitrogens with two attached hydrogens (primary N) is 1. The molecule has 2 unspecified atom stereocenters. The van der Waals surface area contributed by atoms with Gasteiger partial charge in [-0.25, -0.2) is 8.42 Å². The fourth-order valence-electron chi connectivity index (χ4n) is 1.92. The lowest BCUT2D eigenvalue weighted by atomic mass is 9.92. The van der Waals surface area contributed by atoms with Crippen molar-refractivity contribution < 1.29 is 13.0 Å². The van der Waals surface area contributed by atoms with Crippen LogP contribution in [0.2, 0.25) is 0 Å². The minimum atomic E-state index is -4.61. The van der Waals surface area contributed by atoms with Gasteiger partial charge in [0.2, 0.25) is 0 Å². The lowest BCUT2D eigenvalue weighted by Crippen LogP contribution is -2.50. The van der Waals surface area contributed by atoms with Gasteiger partial charge in [0.05, 0.1) is 0 Å². The van der Waals surface area contributed by atoms with Crippen molar-refractivity contribution in [3.05, 3.63) is 54.1 Å². The summed E-state index contributed by atoms with van der Waals surface area (Å²) in [4.78, 5) is -1.75. The van der Waals surface area contributed by atoms with Crippen molar-refractivity contribution in [3.63, 3.8) is 0 Å². The first-order valence-corrected chi connectivity index (χ1v) is 7.05. The van der Waals surface area contributed by atoms with E-state index in [1.807, 2.05) is 6.07 Å². The Morgan fingerprint density at radius 2 is 1.89 bits per heavy atom. The molecule has 4 nitrogen and oxygen atoms in total. The van der Waals surface area contributed by atoms with Crippen molar-refractivity contribution in [3.8, 4) is 0 Å². The molecule has 0 bridgehead atoms. The van der Waals surface area contributed by atoms with Crippen molar-refractivity contribution in [2.24, 2.45) is 5.73 Å². The normalized spacial score (nSPS) is 27.9. The van der Waals surface area contributed by atoms with Crippen LogP contribution in [0.15, 0.2) is 48.6 Å². The summed E-state index contributed by atoms with van der Waals surface area (Å²) in [5, 5.41) is -1.48. The molecule has 0 amide bonds. The first-order valence-electron chi connectivity index (χ1n) is 5.20. The maximum atomic E-state index is 11.2. The minimum Gasteiger partial charge on any atom is -0.747 e. The molecule has 1 aromatic rings. The summed E-state index contributed by atoms with van der Waals surface area (Å²) >= 11 is 6.10. The van der Waals surface area contributed by atoms with Gasteiger partial charge in [-0.1, -0.05) is 60.2 Å². The number of hydrogen-bond acceptors (Lipinski definition) is 4. The lowest BCUT2D eigenvalue weighted by molar-refractivity contribution is 0.448. The molecule has 0 fully saturated rings. The minimum absolute atomic E-state index is 0.414. The van der Waals surface area contributed by atoms with Gasteiger partial charge in [-0.05, 0) is 11.1 Å². The zero-order valence-corrected chi connectivity index (χ0v) is 10.9. The highest BCUT2D eigenvalue weighted by atomic mass is 35.5. The molecular formula is C12H11ClNO3S-. The third-order valence-corrected chi connectivity index (χ3v) is 4.49. The van der Waals surface area contributed by atoms with Crippen LogP contribution in [-0.2, 0) is 10.1 Å². The van der Waals surface area contributed by atoms with Gasteiger partial charge in [0.15, 0.2) is 0 Å². The van der Waals surface area contributed by atoms with Gasteiger partial charge in [-0.15, -0.1) is 0 Å². The van der Waals surface area contributed by atoms with Crippen LogP contribution >= 0.6 is 11.6 Å². The Morgan fingerprint density at radius 1 is 1.28 bits per heavy atom. The number of hydrogen-bond donors (Lipinski definition) is 1. The largest absolute Gasteiger partial charge is 0.747 e. The zero-order chi connectivity index (χ0) is 13.4. The Morgan fingerprint density at radius 3 is 2.44 bits per heavy atom. The van der Waals surface area contributed by atoms with Crippen LogP contribution in [0.1, 0.15) is 5.56 Å². The van der Waals surface area contributed by atoms with Gasteiger partial charge < -0.3 is 10.3 Å². The van der Waals surface area contributed by atoms with E-state index < -0.39 is 20.4 Å². The molecule has 2 rings (SSSR count). The van der Waals surface area contributed by atoms with E-state index in [4.69, 9.17) is 17.3 Å². The molecule has 18 heavy (non-hydrogen) atoms. The summed E-state index contributed by atoms with van der Waals surface area (Å²) in [6.07, 6.45) is 4.31. The molecule has 96 valence electrons. The van der Waals surface area contributed by atoms with Crippen LogP contribution in [0.5, 0.6) is 0 Å². The van der Waals surface area contributed by atoms with E-state index in [0.29, 0.717) is 11.1 Å². The smallest absolute Gasteiger partial charge is 0.137 e. The average molecular weight is 285 g/mol. The first kappa shape index (κ1) is 13.3. The highest BCUT2D eigenvalue weighted by molar-refractivity contribution is 7.86. The molecular weight excluding hydrogens is 274 g/mol. The standard InChI is InChI=1S/C12H12ClNO3S/c13-12(14)10(9-5-2-1-3-6-9)7-4-8-11(12)18(15,16)17/h1-8,11H,14H2,(H,15,16,17)/p-1. The lowest BCUT2D eigenvalue weighted by Gasteiger charge is -2.35. The number of alkyl halides is 1. The third kappa shape index (κ3) is 2.35. The van der Waals surface area contributed by atoms with E-state index in [9.17, 15) is 13.0 Å². The van der Waals surface area contributed by atoms with Crippen LogP contribution in [0.3, 0.4) is 0 Å². The molecule has 2 N–H and O–H groups in total. The zero-order valence-electron chi connectivity index (χ0n) is 9.28. The van der Waals surface area contributed by atoms with Crippen LogP contribution in [0.25, 0.3) is 5.57 Å². The van der Waals surface area contributed by atoms with Crippen molar-refractivity contribution in [2.45, 2.75) is 10.2 Å². The Labute approximate surface area is 111 Å². The van der Waals surface area contributed by atoms with Crippen molar-refractivity contribution in [1.29, 1.82) is 0 Å². The molecule has 0 radical (unpaired) electrons. The summed E-state index contributed by atoms with van der Waals surface area (Å²) in [6, 6.07) is 8.88. The second-order valence-electron chi connectivity index (χ2n) is 4.01. The van der Waals surface area contributed by atoms with E-state index in [-0.39, 0.29) is 0 Å². The van der Waals surface area contributed by atoms with Crippen LogP contribution in [0.4, 0.5) is 0 Å². The van der Waals surface area contributed by atoms with Crippen LogP contribution in [-0.4, -0.2) is 23.2 Å². The molecule has 0 saturated carbocycles. The number of rotatable bonds is 2. The quantitative estimate of drug-likeness (QED) is 0.506. The molecule has 0 heterocycles. The van der Waals surface area contributed by atoms with E-state index >= 15 is 0 Å². The summed E-state index contributed by atoms with van der Waals surface area (Å²) in [5.41, 5.74) is 6.95. The highest BCUT2D eigenvalue weighted by Gasteiger charge is 2.41. The predicted octanol–water partition coefficient (Wildman–Crippen LogP) is 1.45. The van der Waals surface area contributed by atoms with Gasteiger partial charge in [0.25, 0.3) is 0 Å². The summed E-state index contributed by atoms with van der Waals surface area (Å²) in [6.45, 7) is 0. The molecule has 6 heteroatoms. The van der Waals surface area contributed by atoms with Gasteiger partial charge >= 0.3 is 0 Å². The van der Waals surface area contributed by atoms with Gasteiger partial charge in [-0.3, -0.25) is 0 Å². The number of allylic oxidation sites excluding steroid dienone is 2. The van der Waals surface area contributed by atoms with E-state index in [1.165, 1.54) is 12.2 Å². The SMILES string of the molecule is NC1(Cl)C(c2ccccc2)=CC=CC1S(=O)(=O)[O-]. The monoisotopic (exact) mass is 284 g/mol. The molecule has 0 spiro atoms. The van der Waals surface area contributed by atoms with Crippen molar-refractivity contribution in [1.82, 2.24) is 0 Å². The van der Waals surface area contributed by atoms with Crippen LogP contribution < -0.4 is 5.73 Å². The fraction of sp³-hybridized carbons (Fsp3) is 0.167. The second-order valence-corrected chi connectivity index (χ2v) is 6.13. The topological polar surface area (TPSA) is 83.2 Å². The van der Waals surface area contributed by atoms with E-state index in [1.54, 1.807) is 30.3 Å². The van der Waals surface area contributed by atoms with Crippen LogP contribution in [0, 0.1) is 0 Å². The molecule has 1 aliphatic rings. The third-order valence-electron chi connectivity index (χ3n) is 2.77. The molecule has 0 aromatic heterocycles. The molecule has 1 aliphatic carbocycles. The predicted molar refractivity (Wildman–Crippen MR) is 69.8 cm³/mol. The van der Waals surface area contributed by atoms with E-state index in [2.05, 4.69) is 0 Å². The van der Waals surface area contributed by atoms with Crippen molar-refractivity contribution >= 4 is 27.3 Å². The Balaban J connectivity index is 2.51. The van der Waals surface area contributed by atoms with E-state index in [0.717, 1.165) is 0 Å². The van der Waals surface area contributed by atoms with Gasteiger partial charge in [-0.2, -0.15) is 0 Å². The summed E-state index contributed by atoms with van der Waals surface area (Å²) in [5.74, 6) is 0. The summed E-state index contributed by atoms with van der Waals surface area (Å²) < 4.78 is 33.5. The number of halogens is 1.